The van der Waals surface area contributed by atoms with Gasteiger partial charge in [0.05, 0.1) is 0 Å². The minimum absolute atomic E-state index is 0.0983. The Morgan fingerprint density at radius 3 is 0.239 bits per heavy atom. The maximum absolute atomic E-state index is 3.45. The van der Waals surface area contributed by atoms with Gasteiger partial charge in [-0.3, -0.25) is 0 Å². The van der Waals surface area contributed by atoms with Gasteiger partial charge >= 0.3 is 0 Å². The van der Waals surface area contributed by atoms with Gasteiger partial charge in [0.1, 0.15) is 0 Å². The molecule has 0 heterocycles. The predicted molar refractivity (Wildman–Crippen MR) is 385 cm³/mol. The van der Waals surface area contributed by atoms with E-state index in [1.54, 1.807) is 0 Å². The molecule has 0 radical (unpaired) electrons. The zero-order chi connectivity index (χ0) is 36.7. The van der Waals surface area contributed by atoms with Crippen LogP contribution in [0.3, 0.4) is 0 Å². The summed E-state index contributed by atoms with van der Waals surface area (Å²) in [4.78, 5) is 0. The van der Waals surface area contributed by atoms with E-state index in [0.29, 0.717) is 0 Å². The summed E-state index contributed by atoms with van der Waals surface area (Å²) in [7, 11) is 82.7. The fourth-order valence-electron chi connectivity index (χ4n) is 2.68. The minimum atomic E-state index is -0.168. The number of rotatable bonds is 21. The highest BCUT2D eigenvalue weighted by Gasteiger charge is 2.57. The first-order chi connectivity index (χ1) is 20.9. The molecule has 46 heavy (non-hydrogen) atoms. The van der Waals surface area contributed by atoms with E-state index in [2.05, 4.69) is 214 Å². The van der Waals surface area contributed by atoms with Crippen LogP contribution in [-0.2, 0) is 0 Å². The van der Waals surface area contributed by atoms with E-state index < -0.39 is 0 Å². The molecule has 0 saturated heterocycles. The van der Waals surface area contributed by atoms with Crippen LogP contribution >= 0.6 is 368 Å². The standard InChI is InChI=1S/H48P46/c1-25(2)37(26(3)4)43(38(27(5)6)28(7)8)46(44(39(29(9)10)30(11)12)40(31(13)14)32(15)16)45(41(33(17)18)34(19)20)42(35(21)22)36(23)24/h1-24H2. The van der Waals surface area contributed by atoms with Gasteiger partial charge in [-0.1, -0.05) is 0 Å². The molecule has 0 rings (SSSR count). The summed E-state index contributed by atoms with van der Waals surface area (Å²) in [5.74, 6) is 0. The summed E-state index contributed by atoms with van der Waals surface area (Å²) >= 11 is 0. The van der Waals surface area contributed by atoms with Crippen LogP contribution in [-0.4, -0.2) is 0 Å². The van der Waals surface area contributed by atoms with E-state index in [1.807, 2.05) is 0 Å². The summed E-state index contributed by atoms with van der Waals surface area (Å²) in [5.41, 5.74) is 0. The van der Waals surface area contributed by atoms with E-state index in [4.69, 9.17) is 0 Å². The Labute approximate surface area is 363 Å². The fourth-order valence-corrected chi connectivity index (χ4v) is 652. The van der Waals surface area contributed by atoms with Gasteiger partial charge < -0.3 is 0 Å². The second-order valence-corrected chi connectivity index (χ2v) is 196. The van der Waals surface area contributed by atoms with Crippen molar-refractivity contribution in [2.75, 3.05) is 0 Å². The van der Waals surface area contributed by atoms with Gasteiger partial charge in [0, 0.05) is 0 Å². The van der Waals surface area contributed by atoms with Crippen LogP contribution in [0.2, 0.25) is 0 Å². The Morgan fingerprint density at radius 1 is 0.109 bits per heavy atom. The van der Waals surface area contributed by atoms with Gasteiger partial charge in [0.15, 0.2) is 0 Å². The molecule has 0 aromatic heterocycles. The summed E-state index contributed by atoms with van der Waals surface area (Å²) in [6, 6.07) is 0. The van der Waals surface area contributed by atoms with Gasteiger partial charge in [-0.25, -0.2) is 0 Å². The van der Waals surface area contributed by atoms with Gasteiger partial charge in [-0.2, -0.15) is 0 Å². The van der Waals surface area contributed by atoms with E-state index in [0.717, 1.165) is 0 Å². The third kappa shape index (κ3) is 23.3. The van der Waals surface area contributed by atoms with Gasteiger partial charge in [-0.05, 0) is 154 Å². The third-order valence-electron chi connectivity index (χ3n) is 3.92. The van der Waals surface area contributed by atoms with Crippen molar-refractivity contribution in [2.24, 2.45) is 0 Å². The molecule has 0 aliphatic rings. The van der Waals surface area contributed by atoms with Crippen molar-refractivity contribution in [1.82, 2.24) is 0 Å². The monoisotopic (exact) mass is 1470 g/mol. The summed E-state index contributed by atoms with van der Waals surface area (Å²) in [6.07, 6.45) is 0. The van der Waals surface area contributed by atoms with Crippen LogP contribution in [0.15, 0.2) is 0 Å². The molecule has 0 aliphatic heterocycles. The smallest absolute Gasteiger partial charge is 0.0000160 e. The normalized spacial score (nSPS) is 14.5. The van der Waals surface area contributed by atoms with Gasteiger partial charge in [0.2, 0.25) is 0 Å². The quantitative estimate of drug-likeness (QED) is 0.101. The second-order valence-electron chi connectivity index (χ2n) is 7.24. The third-order valence-corrected chi connectivity index (χ3v) is 317. The Hall–Kier alpha value is 19.8. The Balaban J connectivity index is 9.13. The maximum Gasteiger partial charge on any atom is -0.0000160 e. The van der Waals surface area contributed by atoms with Crippen molar-refractivity contribution in [1.29, 1.82) is 0 Å². The predicted octanol–water partition coefficient (Wildman–Crippen LogP) is 26.8. The topological polar surface area (TPSA) is 0 Å². The molecule has 0 fully saturated rings. The van der Waals surface area contributed by atoms with Crippen LogP contribution < -0.4 is 0 Å². The zero-order valence-electron chi connectivity index (χ0n) is 23.7. The average molecular weight is 1470 g/mol. The second kappa shape index (κ2) is 35.8. The lowest BCUT2D eigenvalue weighted by Crippen LogP contribution is -1.70. The highest BCUT2D eigenvalue weighted by molar-refractivity contribution is 9.51. The molecule has 0 saturated carbocycles. The molecule has 46 heteroatoms. The molecule has 0 nitrogen and oxygen atoms in total. The first-order valence-electron chi connectivity index (χ1n) is 10.4. The molecule has 0 spiro atoms. The fraction of sp³-hybridized carbons (Fsp3) is 0. The molecule has 0 aliphatic carbocycles. The summed E-state index contributed by atoms with van der Waals surface area (Å²) in [5, 5.41) is 0. The molecule has 24 atom stereocenters. The zero-order valence-corrected chi connectivity index (χ0v) is 71.1. The first-order valence-corrected chi connectivity index (χ1v) is 93.6. The maximum atomic E-state index is 3.45. The molecular formula is H48P46. The van der Waals surface area contributed by atoms with E-state index in [1.165, 1.54) is 0 Å². The van der Waals surface area contributed by atoms with Crippen LogP contribution in [0.5, 0.6) is 0 Å². The lowest BCUT2D eigenvalue weighted by atomic mass is 28.4. The Bertz CT molecular complexity index is 561. The van der Waals surface area contributed by atoms with Gasteiger partial charge in [-0.15, -0.1) is 214 Å². The highest BCUT2D eigenvalue weighted by atomic mass is 33.6. The average Bonchev–Trinajstić information content (AvgIpc) is 2.81. The van der Waals surface area contributed by atoms with E-state index >= 15 is 0 Å². The largest absolute Gasteiger partial charge is 0.102 e. The molecule has 0 amide bonds. The van der Waals surface area contributed by atoms with Crippen LogP contribution in [0.1, 0.15) is 0 Å². The first kappa shape index (κ1) is 65.8. The molecule has 0 aromatic carbocycles. The Morgan fingerprint density at radius 2 is 0.174 bits per heavy atom. The Kier molecular flexibility index (Phi) is 51.2. The van der Waals surface area contributed by atoms with Crippen LogP contribution in [0, 0.1) is 0 Å². The highest BCUT2D eigenvalue weighted by Crippen LogP contribution is 3.45. The van der Waals surface area contributed by atoms with Crippen molar-refractivity contribution >= 4 is 368 Å². The number of hydrogen-bond donors (Lipinski definition) is 0. The lowest BCUT2D eigenvalue weighted by Gasteiger charge is -2.57. The SMILES string of the molecule is PP(P)P(P(P)P)P(P(P(P)P)P(P)P)P(P(P(P(P)P)P(P)P)P(P(P)P)P(P)P)P(P(P(P)P)P(P)P)P(P(P)P)P(P)P. The lowest BCUT2D eigenvalue weighted by molar-refractivity contribution is 4.36. The molecular weight excluding hydrogens is 1420 g/mol. The van der Waals surface area contributed by atoms with Crippen molar-refractivity contribution in [3.63, 3.8) is 0 Å². The molecule has 0 bridgehead atoms. The number of hydrogen-bond acceptors (Lipinski definition) is 0. The van der Waals surface area contributed by atoms with Crippen LogP contribution in [0.4, 0.5) is 0 Å². The summed E-state index contributed by atoms with van der Waals surface area (Å²) in [6.45, 7) is -3.08. The molecule has 278 valence electrons. The van der Waals surface area contributed by atoms with Crippen molar-refractivity contribution in [3.8, 4) is 0 Å². The van der Waals surface area contributed by atoms with E-state index in [-0.39, 0.29) is 154 Å². The van der Waals surface area contributed by atoms with E-state index in [9.17, 15) is 0 Å². The van der Waals surface area contributed by atoms with Gasteiger partial charge in [0.25, 0.3) is 0 Å². The minimum Gasteiger partial charge on any atom is -0.102 e. The molecule has 24 unspecified atom stereocenters. The molecule has 0 aromatic rings. The van der Waals surface area contributed by atoms with Crippen molar-refractivity contribution < 1.29 is 0 Å². The van der Waals surface area contributed by atoms with Crippen LogP contribution in [0.25, 0.3) is 0 Å². The van der Waals surface area contributed by atoms with Crippen molar-refractivity contribution in [3.05, 3.63) is 0 Å². The van der Waals surface area contributed by atoms with Crippen molar-refractivity contribution in [2.45, 2.75) is 0 Å². The summed E-state index contributed by atoms with van der Waals surface area (Å²) < 4.78 is 0. The molecule has 0 N–H and O–H groups in total.